The summed E-state index contributed by atoms with van der Waals surface area (Å²) >= 11 is 0. The van der Waals surface area contributed by atoms with Crippen LogP contribution in [-0.2, 0) is 0 Å². The van der Waals surface area contributed by atoms with Crippen LogP contribution in [0.15, 0.2) is 24.4 Å². The van der Waals surface area contributed by atoms with Gasteiger partial charge in [0.25, 0.3) is 0 Å². The van der Waals surface area contributed by atoms with Crippen LogP contribution >= 0.6 is 0 Å². The molecule has 58 valence electrons. The van der Waals surface area contributed by atoms with Gasteiger partial charge in [0, 0.05) is 11.6 Å². The highest BCUT2D eigenvalue weighted by atomic mass is 14.7. The van der Waals surface area contributed by atoms with E-state index in [0.717, 1.165) is 10.9 Å². The minimum absolute atomic E-state index is 0.597. The number of nitriles is 1. The van der Waals surface area contributed by atoms with Crippen molar-refractivity contribution in [2.45, 2.75) is 0 Å². The first kappa shape index (κ1) is 6.74. The van der Waals surface area contributed by atoms with Crippen LogP contribution in [0.3, 0.4) is 0 Å². The number of aromatic nitrogens is 1. The molecule has 0 spiro atoms. The van der Waals surface area contributed by atoms with Crippen molar-refractivity contribution in [3.63, 3.8) is 0 Å². The summed E-state index contributed by atoms with van der Waals surface area (Å²) in [5.74, 6) is 0. The third kappa shape index (κ3) is 0.823. The second-order valence-electron chi connectivity index (χ2n) is 2.62. The van der Waals surface area contributed by atoms with Crippen LogP contribution in [0, 0.1) is 11.3 Å². The molecule has 0 aliphatic carbocycles. The molecule has 2 rings (SSSR count). The molecule has 0 unspecified atom stereocenters. The molecule has 0 radical (unpaired) electrons. The fraction of sp³-hybridized carbons (Fsp3) is 0. The Hall–Kier alpha value is -1.95. The molecule has 0 fully saturated rings. The molecular formula is C9H7N3. The molecule has 0 atom stereocenters. The number of nitrogen functional groups attached to an aromatic ring is 1. The standard InChI is InChI=1S/C9H7N3/c10-5-6-3-7-1-2-12-9(7)8(11)4-6/h1-4,12H,11H2. The summed E-state index contributed by atoms with van der Waals surface area (Å²) in [5.41, 5.74) is 7.81. The molecule has 3 N–H and O–H groups in total. The average molecular weight is 157 g/mol. The summed E-state index contributed by atoms with van der Waals surface area (Å²) in [6.45, 7) is 0. The van der Waals surface area contributed by atoms with Gasteiger partial charge >= 0.3 is 0 Å². The Morgan fingerprint density at radius 3 is 3.00 bits per heavy atom. The molecule has 1 heterocycles. The molecule has 0 amide bonds. The van der Waals surface area contributed by atoms with Crippen LogP contribution in [0.2, 0.25) is 0 Å². The zero-order valence-corrected chi connectivity index (χ0v) is 6.33. The van der Waals surface area contributed by atoms with Crippen molar-refractivity contribution in [2.75, 3.05) is 5.73 Å². The van der Waals surface area contributed by atoms with E-state index < -0.39 is 0 Å². The maximum atomic E-state index is 8.64. The smallest absolute Gasteiger partial charge is 0.0992 e. The van der Waals surface area contributed by atoms with Crippen molar-refractivity contribution in [3.8, 4) is 6.07 Å². The van der Waals surface area contributed by atoms with Crippen LogP contribution in [0.4, 0.5) is 5.69 Å². The number of rotatable bonds is 0. The number of aromatic amines is 1. The van der Waals surface area contributed by atoms with E-state index >= 15 is 0 Å². The summed E-state index contributed by atoms with van der Waals surface area (Å²) < 4.78 is 0. The van der Waals surface area contributed by atoms with Crippen molar-refractivity contribution in [2.24, 2.45) is 0 Å². The summed E-state index contributed by atoms with van der Waals surface area (Å²) in [5, 5.41) is 9.62. The van der Waals surface area contributed by atoms with Gasteiger partial charge in [0.2, 0.25) is 0 Å². The minimum Gasteiger partial charge on any atom is -0.397 e. The van der Waals surface area contributed by atoms with Gasteiger partial charge in [-0.15, -0.1) is 0 Å². The number of nitrogens with zero attached hydrogens (tertiary/aromatic N) is 1. The van der Waals surface area contributed by atoms with Crippen LogP contribution in [0.25, 0.3) is 10.9 Å². The van der Waals surface area contributed by atoms with E-state index in [2.05, 4.69) is 11.1 Å². The molecule has 12 heavy (non-hydrogen) atoms. The summed E-state index contributed by atoms with van der Waals surface area (Å²) in [4.78, 5) is 3.00. The van der Waals surface area contributed by atoms with Gasteiger partial charge in [-0.2, -0.15) is 5.26 Å². The topological polar surface area (TPSA) is 65.6 Å². The number of nitrogens with two attached hydrogens (primary N) is 1. The summed E-state index contributed by atoms with van der Waals surface area (Å²) in [6, 6.07) is 7.42. The molecule has 1 aromatic heterocycles. The molecule has 0 saturated heterocycles. The Morgan fingerprint density at radius 2 is 2.25 bits per heavy atom. The van der Waals surface area contributed by atoms with Gasteiger partial charge in [-0.1, -0.05) is 0 Å². The molecule has 0 bridgehead atoms. The number of hydrogen-bond acceptors (Lipinski definition) is 2. The highest BCUT2D eigenvalue weighted by Crippen LogP contribution is 2.20. The maximum Gasteiger partial charge on any atom is 0.0992 e. The van der Waals surface area contributed by atoms with E-state index in [9.17, 15) is 0 Å². The lowest BCUT2D eigenvalue weighted by molar-refractivity contribution is 1.47. The van der Waals surface area contributed by atoms with Crippen molar-refractivity contribution in [3.05, 3.63) is 30.0 Å². The van der Waals surface area contributed by atoms with Crippen LogP contribution < -0.4 is 5.73 Å². The van der Waals surface area contributed by atoms with E-state index in [4.69, 9.17) is 11.0 Å². The first-order valence-electron chi connectivity index (χ1n) is 3.58. The van der Waals surface area contributed by atoms with Crippen molar-refractivity contribution >= 4 is 16.6 Å². The Balaban J connectivity index is 2.86. The number of nitrogens with one attached hydrogen (secondary N) is 1. The van der Waals surface area contributed by atoms with Gasteiger partial charge in [0.05, 0.1) is 22.8 Å². The largest absolute Gasteiger partial charge is 0.397 e. The van der Waals surface area contributed by atoms with Gasteiger partial charge in [0.1, 0.15) is 0 Å². The number of H-pyrrole nitrogens is 1. The number of fused-ring (bicyclic) bond motifs is 1. The van der Waals surface area contributed by atoms with E-state index in [0.29, 0.717) is 11.3 Å². The SMILES string of the molecule is N#Cc1cc(N)c2[nH]ccc2c1. The third-order valence-corrected chi connectivity index (χ3v) is 1.82. The molecule has 0 aliphatic heterocycles. The summed E-state index contributed by atoms with van der Waals surface area (Å²) in [6.07, 6.45) is 1.81. The molecular weight excluding hydrogens is 150 g/mol. The van der Waals surface area contributed by atoms with Crippen LogP contribution in [0.1, 0.15) is 5.56 Å². The van der Waals surface area contributed by atoms with Gasteiger partial charge in [-0.25, -0.2) is 0 Å². The second-order valence-corrected chi connectivity index (χ2v) is 2.62. The zero-order valence-electron chi connectivity index (χ0n) is 6.33. The lowest BCUT2D eigenvalue weighted by atomic mass is 10.1. The average Bonchev–Trinajstić information content (AvgIpc) is 2.52. The Kier molecular flexibility index (Phi) is 1.28. The van der Waals surface area contributed by atoms with Crippen LogP contribution in [0.5, 0.6) is 0 Å². The van der Waals surface area contributed by atoms with E-state index in [-0.39, 0.29) is 0 Å². The lowest BCUT2D eigenvalue weighted by Gasteiger charge is -1.96. The fourth-order valence-electron chi connectivity index (χ4n) is 1.27. The maximum absolute atomic E-state index is 8.64. The molecule has 3 heteroatoms. The highest BCUT2D eigenvalue weighted by Gasteiger charge is 2.00. The van der Waals surface area contributed by atoms with Crippen molar-refractivity contribution in [1.82, 2.24) is 4.98 Å². The Bertz CT molecular complexity index is 462. The first-order chi connectivity index (χ1) is 5.81. The van der Waals surface area contributed by atoms with E-state index in [1.54, 1.807) is 6.07 Å². The minimum atomic E-state index is 0.597. The van der Waals surface area contributed by atoms with Crippen molar-refractivity contribution in [1.29, 1.82) is 5.26 Å². The number of hydrogen-bond donors (Lipinski definition) is 2. The zero-order chi connectivity index (χ0) is 8.55. The molecule has 0 aliphatic rings. The second kappa shape index (κ2) is 2.28. The third-order valence-electron chi connectivity index (χ3n) is 1.82. The lowest BCUT2D eigenvalue weighted by Crippen LogP contribution is -1.87. The molecule has 3 nitrogen and oxygen atoms in total. The summed E-state index contributed by atoms with van der Waals surface area (Å²) in [7, 11) is 0. The normalized spacial score (nSPS) is 9.92. The predicted octanol–water partition coefficient (Wildman–Crippen LogP) is 1.62. The van der Waals surface area contributed by atoms with Gasteiger partial charge < -0.3 is 10.7 Å². The molecule has 1 aromatic carbocycles. The number of anilines is 1. The Labute approximate surface area is 69.4 Å². The first-order valence-corrected chi connectivity index (χ1v) is 3.58. The fourth-order valence-corrected chi connectivity index (χ4v) is 1.27. The van der Waals surface area contributed by atoms with Gasteiger partial charge in [0.15, 0.2) is 0 Å². The van der Waals surface area contributed by atoms with Gasteiger partial charge in [-0.3, -0.25) is 0 Å². The Morgan fingerprint density at radius 1 is 1.42 bits per heavy atom. The quantitative estimate of drug-likeness (QED) is 0.570. The molecule has 0 saturated carbocycles. The number of benzene rings is 1. The van der Waals surface area contributed by atoms with E-state index in [1.165, 1.54) is 0 Å². The van der Waals surface area contributed by atoms with Crippen LogP contribution in [-0.4, -0.2) is 4.98 Å². The van der Waals surface area contributed by atoms with E-state index in [1.807, 2.05) is 18.3 Å². The van der Waals surface area contributed by atoms with Crippen molar-refractivity contribution < 1.29 is 0 Å². The highest BCUT2D eigenvalue weighted by molar-refractivity contribution is 5.91. The van der Waals surface area contributed by atoms with Gasteiger partial charge in [-0.05, 0) is 18.2 Å². The molecule has 2 aromatic rings. The predicted molar refractivity (Wildman–Crippen MR) is 47.4 cm³/mol. The monoisotopic (exact) mass is 157 g/mol.